The number of carbonyl (C=O) groups is 1. The first-order valence-electron chi connectivity index (χ1n) is 8.50. The second-order valence-corrected chi connectivity index (χ2v) is 7.03. The van der Waals surface area contributed by atoms with Gasteiger partial charge in [0.2, 0.25) is 5.91 Å². The van der Waals surface area contributed by atoms with E-state index in [-0.39, 0.29) is 5.92 Å². The van der Waals surface area contributed by atoms with Gasteiger partial charge in [-0.1, -0.05) is 6.42 Å². The van der Waals surface area contributed by atoms with Crippen molar-refractivity contribution in [1.29, 1.82) is 0 Å². The van der Waals surface area contributed by atoms with E-state index in [0.717, 1.165) is 31.8 Å². The van der Waals surface area contributed by atoms with E-state index in [1.807, 2.05) is 0 Å². The molecule has 4 nitrogen and oxygen atoms in total. The fraction of sp³-hybridized carbons (Fsp3) is 0.938. The first kappa shape index (κ1) is 14.3. The molecule has 1 amide bonds. The Morgan fingerprint density at radius 1 is 1.10 bits per heavy atom. The molecule has 2 saturated heterocycles. The highest BCUT2D eigenvalue weighted by atomic mass is 16.1. The lowest BCUT2D eigenvalue weighted by molar-refractivity contribution is -0.127. The summed E-state index contributed by atoms with van der Waals surface area (Å²) in [5.74, 6) is 1.09. The third-order valence-electron chi connectivity index (χ3n) is 5.65. The summed E-state index contributed by atoms with van der Waals surface area (Å²) in [5, 5.41) is 3.34. The Bertz CT molecular complexity index is 347. The van der Waals surface area contributed by atoms with Gasteiger partial charge in [0.1, 0.15) is 0 Å². The summed E-state index contributed by atoms with van der Waals surface area (Å²) in [5.41, 5.74) is 5.77. The zero-order valence-corrected chi connectivity index (χ0v) is 12.5. The van der Waals surface area contributed by atoms with E-state index >= 15 is 0 Å². The highest BCUT2D eigenvalue weighted by Crippen LogP contribution is 2.30. The van der Waals surface area contributed by atoms with Crippen LogP contribution in [0, 0.1) is 11.8 Å². The van der Waals surface area contributed by atoms with Crippen molar-refractivity contribution in [3.63, 3.8) is 0 Å². The average Bonchev–Trinajstić information content (AvgIpc) is 2.95. The topological polar surface area (TPSA) is 58.4 Å². The lowest BCUT2D eigenvalue weighted by Gasteiger charge is -2.36. The molecule has 1 saturated carbocycles. The summed E-state index contributed by atoms with van der Waals surface area (Å²) < 4.78 is 0. The molecule has 0 bridgehead atoms. The zero-order valence-electron chi connectivity index (χ0n) is 12.5. The van der Waals surface area contributed by atoms with Gasteiger partial charge in [0.05, 0.1) is 0 Å². The van der Waals surface area contributed by atoms with Crippen molar-refractivity contribution in [2.75, 3.05) is 19.6 Å². The smallest absolute Gasteiger partial charge is 0.223 e. The van der Waals surface area contributed by atoms with Crippen molar-refractivity contribution in [1.82, 2.24) is 10.2 Å². The Balaban J connectivity index is 1.48. The van der Waals surface area contributed by atoms with Gasteiger partial charge in [-0.15, -0.1) is 0 Å². The van der Waals surface area contributed by atoms with Gasteiger partial charge in [-0.3, -0.25) is 4.79 Å². The van der Waals surface area contributed by atoms with Crippen LogP contribution in [-0.2, 0) is 4.79 Å². The third kappa shape index (κ3) is 3.17. The molecule has 3 N–H and O–H groups in total. The van der Waals surface area contributed by atoms with Crippen LogP contribution in [0.4, 0.5) is 0 Å². The summed E-state index contributed by atoms with van der Waals surface area (Å²) in [7, 11) is 0. The number of rotatable bonds is 3. The predicted octanol–water partition coefficient (Wildman–Crippen LogP) is 1.49. The van der Waals surface area contributed by atoms with Gasteiger partial charge in [-0.2, -0.15) is 0 Å². The van der Waals surface area contributed by atoms with Crippen LogP contribution in [0.15, 0.2) is 0 Å². The summed E-state index contributed by atoms with van der Waals surface area (Å²) in [6.07, 6.45) is 9.40. The fourth-order valence-corrected chi connectivity index (χ4v) is 4.42. The van der Waals surface area contributed by atoms with E-state index in [4.69, 9.17) is 5.73 Å². The molecule has 4 unspecified atom stereocenters. The fourth-order valence-electron chi connectivity index (χ4n) is 4.42. The van der Waals surface area contributed by atoms with Gasteiger partial charge in [0.25, 0.3) is 0 Å². The van der Waals surface area contributed by atoms with Crippen LogP contribution >= 0.6 is 0 Å². The highest BCUT2D eigenvalue weighted by Gasteiger charge is 2.34. The maximum Gasteiger partial charge on any atom is 0.223 e. The highest BCUT2D eigenvalue weighted by molar-refractivity contribution is 5.79. The molecule has 0 radical (unpaired) electrons. The molecule has 3 fully saturated rings. The number of hydrogen-bond acceptors (Lipinski definition) is 3. The Kier molecular flexibility index (Phi) is 4.61. The van der Waals surface area contributed by atoms with E-state index in [2.05, 4.69) is 10.2 Å². The molecule has 20 heavy (non-hydrogen) atoms. The van der Waals surface area contributed by atoms with Gasteiger partial charge in [-0.25, -0.2) is 0 Å². The van der Waals surface area contributed by atoms with Crippen molar-refractivity contribution in [2.24, 2.45) is 17.6 Å². The second-order valence-electron chi connectivity index (χ2n) is 7.03. The van der Waals surface area contributed by atoms with E-state index in [1.54, 1.807) is 0 Å². The maximum atomic E-state index is 12.5. The van der Waals surface area contributed by atoms with Crippen LogP contribution in [0.2, 0.25) is 0 Å². The molecule has 2 aliphatic heterocycles. The number of nitrogens with zero attached hydrogens (tertiary/aromatic N) is 1. The maximum absolute atomic E-state index is 12.5. The van der Waals surface area contributed by atoms with Crippen LogP contribution < -0.4 is 11.1 Å². The number of amides is 1. The van der Waals surface area contributed by atoms with E-state index in [0.29, 0.717) is 17.9 Å². The number of piperidine rings is 1. The number of carbonyl (C=O) groups excluding carboxylic acids is 1. The average molecular weight is 279 g/mol. The Morgan fingerprint density at radius 2 is 2.00 bits per heavy atom. The van der Waals surface area contributed by atoms with Gasteiger partial charge < -0.3 is 16.0 Å². The van der Waals surface area contributed by atoms with Crippen LogP contribution in [0.25, 0.3) is 0 Å². The second kappa shape index (κ2) is 6.44. The Hall–Kier alpha value is -0.610. The van der Waals surface area contributed by atoms with Crippen LogP contribution in [0.3, 0.4) is 0 Å². The lowest BCUT2D eigenvalue weighted by atomic mass is 9.81. The molecule has 114 valence electrons. The summed E-state index contributed by atoms with van der Waals surface area (Å²) in [6, 6.07) is 1.15. The molecule has 0 spiro atoms. The molecular formula is C16H29N3O. The molecule has 2 heterocycles. The minimum atomic E-state index is 0.221. The van der Waals surface area contributed by atoms with Gasteiger partial charge in [0, 0.05) is 24.5 Å². The molecule has 3 rings (SSSR count). The van der Waals surface area contributed by atoms with Crippen LogP contribution in [0.5, 0.6) is 0 Å². The SMILES string of the molecule is NCC1CCCC(C(=O)NC2CCN3CCCC3C2)C1. The monoisotopic (exact) mass is 279 g/mol. The number of fused-ring (bicyclic) bond motifs is 1. The number of nitrogens with one attached hydrogen (secondary N) is 1. The Morgan fingerprint density at radius 3 is 2.85 bits per heavy atom. The van der Waals surface area contributed by atoms with Crippen molar-refractivity contribution >= 4 is 5.91 Å². The minimum Gasteiger partial charge on any atom is -0.353 e. The van der Waals surface area contributed by atoms with Crippen molar-refractivity contribution in [3.8, 4) is 0 Å². The lowest BCUT2D eigenvalue weighted by Crippen LogP contribution is -2.49. The van der Waals surface area contributed by atoms with E-state index in [1.165, 1.54) is 45.2 Å². The molecular weight excluding hydrogens is 250 g/mol. The number of nitrogens with two attached hydrogens (primary N) is 1. The van der Waals surface area contributed by atoms with Gasteiger partial charge >= 0.3 is 0 Å². The minimum absolute atomic E-state index is 0.221. The largest absolute Gasteiger partial charge is 0.353 e. The molecule has 3 aliphatic rings. The predicted molar refractivity (Wildman–Crippen MR) is 80.3 cm³/mol. The molecule has 1 aliphatic carbocycles. The summed E-state index contributed by atoms with van der Waals surface area (Å²) in [4.78, 5) is 15.1. The zero-order chi connectivity index (χ0) is 13.9. The van der Waals surface area contributed by atoms with Crippen LogP contribution in [-0.4, -0.2) is 42.5 Å². The van der Waals surface area contributed by atoms with Gasteiger partial charge in [-0.05, 0) is 64.0 Å². The van der Waals surface area contributed by atoms with E-state index in [9.17, 15) is 4.79 Å². The molecule has 0 aromatic carbocycles. The first-order chi connectivity index (χ1) is 9.76. The number of hydrogen-bond donors (Lipinski definition) is 2. The Labute approximate surface area is 122 Å². The molecule has 0 aromatic rings. The van der Waals surface area contributed by atoms with Crippen molar-refractivity contribution in [2.45, 2.75) is 63.5 Å². The van der Waals surface area contributed by atoms with Crippen molar-refractivity contribution < 1.29 is 4.79 Å². The molecule has 0 aromatic heterocycles. The summed E-state index contributed by atoms with van der Waals surface area (Å²) >= 11 is 0. The van der Waals surface area contributed by atoms with Gasteiger partial charge in [0.15, 0.2) is 0 Å². The van der Waals surface area contributed by atoms with E-state index < -0.39 is 0 Å². The quantitative estimate of drug-likeness (QED) is 0.823. The van der Waals surface area contributed by atoms with Crippen LogP contribution in [0.1, 0.15) is 51.4 Å². The first-order valence-corrected chi connectivity index (χ1v) is 8.50. The van der Waals surface area contributed by atoms with Crippen molar-refractivity contribution in [3.05, 3.63) is 0 Å². The normalized spacial score (nSPS) is 38.5. The standard InChI is InChI=1S/C16H29N3O/c17-11-12-3-1-4-13(9-12)16(20)18-14-6-8-19-7-2-5-15(19)10-14/h12-15H,1-11,17H2,(H,18,20). The molecule has 4 atom stereocenters. The molecule has 4 heteroatoms. The third-order valence-corrected chi connectivity index (χ3v) is 5.65. The summed E-state index contributed by atoms with van der Waals surface area (Å²) in [6.45, 7) is 3.18.